The van der Waals surface area contributed by atoms with Crippen LogP contribution in [-0.4, -0.2) is 26.2 Å². The van der Waals surface area contributed by atoms with E-state index >= 15 is 0 Å². The van der Waals surface area contributed by atoms with Crippen molar-refractivity contribution in [3.05, 3.63) is 12.2 Å². The third kappa shape index (κ3) is 3.55. The summed E-state index contributed by atoms with van der Waals surface area (Å²) >= 11 is 0. The maximum atomic E-state index is 11.9. The van der Waals surface area contributed by atoms with E-state index in [0.29, 0.717) is 0 Å². The summed E-state index contributed by atoms with van der Waals surface area (Å²) in [6, 6.07) is 0. The van der Waals surface area contributed by atoms with Gasteiger partial charge in [0.05, 0.1) is 0 Å². The lowest BCUT2D eigenvalue weighted by molar-refractivity contribution is -0.121. The van der Waals surface area contributed by atoms with E-state index in [-0.39, 0.29) is 17.9 Å². The van der Waals surface area contributed by atoms with Crippen LogP contribution < -0.4 is 0 Å². The molecule has 0 heterocycles. The molecule has 1 rings (SSSR count). The van der Waals surface area contributed by atoms with E-state index in [9.17, 15) is 9.36 Å². The zero-order valence-electron chi connectivity index (χ0n) is 9.90. The van der Waals surface area contributed by atoms with E-state index in [0.717, 1.165) is 25.7 Å². The standard InChI is InChI=1S/C11H19O4P/c1-9-4-6-10(7-5-9)11(12)8-16(13,14-2)15-3/h10H,1,4-8H2,2-3H3. The Morgan fingerprint density at radius 3 is 2.31 bits per heavy atom. The number of hydrogen-bond acceptors (Lipinski definition) is 4. The summed E-state index contributed by atoms with van der Waals surface area (Å²) in [6.07, 6.45) is 3.29. The lowest BCUT2D eigenvalue weighted by Crippen LogP contribution is -2.22. The van der Waals surface area contributed by atoms with Gasteiger partial charge in [-0.3, -0.25) is 9.36 Å². The number of carbonyl (C=O) groups excluding carboxylic acids is 1. The second-order valence-corrected chi connectivity index (χ2v) is 6.39. The maximum absolute atomic E-state index is 11.9. The average molecular weight is 246 g/mol. The first-order valence-electron chi connectivity index (χ1n) is 5.40. The highest BCUT2D eigenvalue weighted by Gasteiger charge is 2.31. The Morgan fingerprint density at radius 2 is 1.88 bits per heavy atom. The average Bonchev–Trinajstić information content (AvgIpc) is 2.29. The van der Waals surface area contributed by atoms with Crippen LogP contribution in [0.15, 0.2) is 12.2 Å². The van der Waals surface area contributed by atoms with Crippen molar-refractivity contribution < 1.29 is 18.4 Å². The van der Waals surface area contributed by atoms with Crippen LogP contribution in [0.25, 0.3) is 0 Å². The molecule has 0 aromatic rings. The van der Waals surface area contributed by atoms with Gasteiger partial charge >= 0.3 is 7.60 Å². The molecule has 0 aromatic heterocycles. The quantitative estimate of drug-likeness (QED) is 0.553. The highest BCUT2D eigenvalue weighted by atomic mass is 31.2. The Morgan fingerprint density at radius 1 is 1.38 bits per heavy atom. The molecule has 4 nitrogen and oxygen atoms in total. The Bertz CT molecular complexity index is 306. The Kier molecular flexibility index (Phi) is 4.90. The van der Waals surface area contributed by atoms with Crippen LogP contribution in [0.2, 0.25) is 0 Å². The minimum absolute atomic E-state index is 0.0101. The van der Waals surface area contributed by atoms with Gasteiger partial charge in [0.15, 0.2) is 0 Å². The molecular weight excluding hydrogens is 227 g/mol. The van der Waals surface area contributed by atoms with Gasteiger partial charge in [-0.25, -0.2) is 0 Å². The van der Waals surface area contributed by atoms with Crippen LogP contribution in [-0.2, 0) is 18.4 Å². The van der Waals surface area contributed by atoms with Gasteiger partial charge in [-0.2, -0.15) is 0 Å². The number of allylic oxidation sites excluding steroid dienone is 1. The van der Waals surface area contributed by atoms with E-state index < -0.39 is 7.60 Å². The Balaban J connectivity index is 2.52. The zero-order chi connectivity index (χ0) is 12.2. The van der Waals surface area contributed by atoms with E-state index in [1.807, 2.05) is 0 Å². The molecule has 1 fully saturated rings. The van der Waals surface area contributed by atoms with Crippen molar-refractivity contribution in [2.24, 2.45) is 5.92 Å². The second-order valence-electron chi connectivity index (χ2n) is 4.12. The molecule has 0 unspecified atom stereocenters. The fourth-order valence-electron chi connectivity index (χ4n) is 1.87. The van der Waals surface area contributed by atoms with E-state index in [2.05, 4.69) is 6.58 Å². The summed E-state index contributed by atoms with van der Waals surface area (Å²) in [5, 5.41) is 0. The van der Waals surface area contributed by atoms with E-state index in [1.54, 1.807) is 0 Å². The summed E-state index contributed by atoms with van der Waals surface area (Å²) in [5.74, 6) is -0.0244. The first kappa shape index (κ1) is 13.6. The minimum atomic E-state index is -3.19. The first-order valence-corrected chi connectivity index (χ1v) is 7.13. The largest absolute Gasteiger partial charge is 0.337 e. The number of Topliss-reactive ketones (excluding diaryl/α,β-unsaturated/α-hetero) is 1. The van der Waals surface area contributed by atoms with Gasteiger partial charge in [0, 0.05) is 20.1 Å². The highest BCUT2D eigenvalue weighted by molar-refractivity contribution is 7.54. The second kappa shape index (κ2) is 5.76. The Hall–Kier alpha value is -0.440. The zero-order valence-corrected chi connectivity index (χ0v) is 10.8. The predicted octanol–water partition coefficient (Wildman–Crippen LogP) is 2.79. The van der Waals surface area contributed by atoms with Crippen molar-refractivity contribution in [3.63, 3.8) is 0 Å². The molecule has 0 aromatic carbocycles. The van der Waals surface area contributed by atoms with Gasteiger partial charge in [-0.15, -0.1) is 0 Å². The molecular formula is C11H19O4P. The molecule has 0 amide bonds. The molecule has 0 radical (unpaired) electrons. The van der Waals surface area contributed by atoms with Crippen LogP contribution in [0.1, 0.15) is 25.7 Å². The number of hydrogen-bond donors (Lipinski definition) is 0. The molecule has 0 bridgehead atoms. The molecule has 92 valence electrons. The molecule has 5 heteroatoms. The van der Waals surface area contributed by atoms with Crippen molar-refractivity contribution in [1.82, 2.24) is 0 Å². The molecule has 1 saturated carbocycles. The van der Waals surface area contributed by atoms with Gasteiger partial charge in [0.25, 0.3) is 0 Å². The molecule has 16 heavy (non-hydrogen) atoms. The first-order chi connectivity index (χ1) is 7.50. The van der Waals surface area contributed by atoms with Crippen LogP contribution in [0.4, 0.5) is 0 Å². The number of ketones is 1. The normalized spacial score (nSPS) is 18.8. The van der Waals surface area contributed by atoms with Gasteiger partial charge in [-0.05, 0) is 25.7 Å². The van der Waals surface area contributed by atoms with Crippen molar-refractivity contribution in [1.29, 1.82) is 0 Å². The molecule has 0 saturated heterocycles. The van der Waals surface area contributed by atoms with Crippen LogP contribution in [0.5, 0.6) is 0 Å². The molecule has 0 N–H and O–H groups in total. The Labute approximate surface area is 96.5 Å². The predicted molar refractivity (Wildman–Crippen MR) is 62.6 cm³/mol. The summed E-state index contributed by atoms with van der Waals surface area (Å²) < 4.78 is 21.3. The molecule has 0 aliphatic heterocycles. The SMILES string of the molecule is C=C1CCC(C(=O)CP(=O)(OC)OC)CC1. The minimum Gasteiger partial charge on any atom is -0.312 e. The topological polar surface area (TPSA) is 52.6 Å². The van der Waals surface area contributed by atoms with Crippen LogP contribution in [0, 0.1) is 5.92 Å². The summed E-state index contributed by atoms with van der Waals surface area (Å²) in [5.41, 5.74) is 1.20. The molecule has 0 atom stereocenters. The van der Waals surface area contributed by atoms with Crippen molar-refractivity contribution >= 4 is 13.4 Å². The number of rotatable bonds is 5. The van der Waals surface area contributed by atoms with Crippen LogP contribution in [0.3, 0.4) is 0 Å². The van der Waals surface area contributed by atoms with Crippen molar-refractivity contribution in [2.45, 2.75) is 25.7 Å². The third-order valence-electron chi connectivity index (χ3n) is 3.05. The van der Waals surface area contributed by atoms with Crippen molar-refractivity contribution in [2.75, 3.05) is 20.4 Å². The van der Waals surface area contributed by atoms with Gasteiger partial charge in [0.1, 0.15) is 11.9 Å². The lowest BCUT2D eigenvalue weighted by Gasteiger charge is -2.23. The third-order valence-corrected chi connectivity index (χ3v) is 4.87. The smallest absolute Gasteiger partial charge is 0.312 e. The summed E-state index contributed by atoms with van der Waals surface area (Å²) in [6.45, 7) is 3.90. The summed E-state index contributed by atoms with van der Waals surface area (Å²) in [7, 11) is -0.579. The summed E-state index contributed by atoms with van der Waals surface area (Å²) in [4.78, 5) is 11.9. The monoisotopic (exact) mass is 246 g/mol. The lowest BCUT2D eigenvalue weighted by atomic mass is 9.84. The molecule has 0 spiro atoms. The van der Waals surface area contributed by atoms with Crippen molar-refractivity contribution in [3.8, 4) is 0 Å². The molecule has 1 aliphatic carbocycles. The van der Waals surface area contributed by atoms with Gasteiger partial charge in [-0.1, -0.05) is 12.2 Å². The molecule has 1 aliphatic rings. The van der Waals surface area contributed by atoms with E-state index in [4.69, 9.17) is 9.05 Å². The number of carbonyl (C=O) groups is 1. The van der Waals surface area contributed by atoms with E-state index in [1.165, 1.54) is 19.8 Å². The van der Waals surface area contributed by atoms with Gasteiger partial charge in [0.2, 0.25) is 0 Å². The fourth-order valence-corrected chi connectivity index (χ4v) is 2.92. The van der Waals surface area contributed by atoms with Crippen LogP contribution >= 0.6 is 7.60 Å². The van der Waals surface area contributed by atoms with Gasteiger partial charge < -0.3 is 9.05 Å². The highest BCUT2D eigenvalue weighted by Crippen LogP contribution is 2.47. The maximum Gasteiger partial charge on any atom is 0.337 e. The fraction of sp³-hybridized carbons (Fsp3) is 0.727.